The molecule has 0 aromatic heterocycles. The van der Waals surface area contributed by atoms with Crippen LogP contribution in [-0.2, 0) is 0 Å². The highest BCUT2D eigenvalue weighted by Gasteiger charge is 2.44. The highest BCUT2D eigenvalue weighted by Crippen LogP contribution is 2.64. The first-order valence-electron chi connectivity index (χ1n) is 9.60. The van der Waals surface area contributed by atoms with Gasteiger partial charge in [0, 0.05) is 25.9 Å². The molecule has 0 unspecified atom stereocenters. The van der Waals surface area contributed by atoms with Crippen molar-refractivity contribution in [2.24, 2.45) is 0 Å². The third kappa shape index (κ3) is 2.02. The van der Waals surface area contributed by atoms with E-state index in [2.05, 4.69) is 88.2 Å². The second-order valence-corrected chi connectivity index (χ2v) is 8.74. The molecule has 4 aromatic carbocycles. The topological polar surface area (TPSA) is 21.7 Å². The third-order valence-corrected chi connectivity index (χ3v) is 6.70. The lowest BCUT2D eigenvalue weighted by Gasteiger charge is -2.43. The van der Waals surface area contributed by atoms with Gasteiger partial charge in [-0.05, 0) is 83.3 Å². The second-order valence-electron chi connectivity index (χ2n) is 7.49. The van der Waals surface area contributed by atoms with E-state index in [1.54, 1.807) is 0 Å². The molecule has 4 aromatic rings. The first-order valence-corrected chi connectivity index (χ1v) is 10.7. The first kappa shape index (κ1) is 15.9. The van der Waals surface area contributed by atoms with E-state index in [1.165, 1.54) is 26.1 Å². The number of benzene rings is 4. The molecule has 0 saturated carbocycles. The van der Waals surface area contributed by atoms with E-state index in [0.29, 0.717) is 0 Å². The molecule has 0 bridgehead atoms. The SMILES string of the molecule is Ic1ccc(N2c3cccc4c3C3c5c(cccc5Oc5cccc2c53)O4)cc1. The summed E-state index contributed by atoms with van der Waals surface area (Å²) in [6, 6.07) is 27.4. The monoisotopic (exact) mass is 487 g/mol. The predicted molar refractivity (Wildman–Crippen MR) is 121 cm³/mol. The lowest BCUT2D eigenvalue weighted by atomic mass is 9.76. The van der Waals surface area contributed by atoms with Gasteiger partial charge in [-0.25, -0.2) is 0 Å². The van der Waals surface area contributed by atoms with Crippen LogP contribution < -0.4 is 14.4 Å². The van der Waals surface area contributed by atoms with Crippen LogP contribution >= 0.6 is 22.6 Å². The molecule has 7 rings (SSSR count). The first-order chi connectivity index (χ1) is 14.3. The Hall–Kier alpha value is -2.99. The Labute approximate surface area is 181 Å². The molecular weight excluding hydrogens is 473 g/mol. The highest BCUT2D eigenvalue weighted by atomic mass is 127. The summed E-state index contributed by atoms with van der Waals surface area (Å²) in [5.74, 6) is 3.76. The van der Waals surface area contributed by atoms with E-state index in [4.69, 9.17) is 9.47 Å². The van der Waals surface area contributed by atoms with Gasteiger partial charge in [0.25, 0.3) is 0 Å². The van der Waals surface area contributed by atoms with Crippen molar-refractivity contribution in [2.45, 2.75) is 5.92 Å². The van der Waals surface area contributed by atoms with Crippen LogP contribution in [0.3, 0.4) is 0 Å². The average Bonchev–Trinajstić information content (AvgIpc) is 2.75. The molecule has 3 nitrogen and oxygen atoms in total. The van der Waals surface area contributed by atoms with Gasteiger partial charge in [-0.1, -0.05) is 18.2 Å². The molecular formula is C25H14INO2. The molecule has 29 heavy (non-hydrogen) atoms. The van der Waals surface area contributed by atoms with Crippen LogP contribution in [0.25, 0.3) is 0 Å². The minimum atomic E-state index is 0.126. The molecule has 138 valence electrons. The van der Waals surface area contributed by atoms with Crippen LogP contribution in [0.2, 0.25) is 0 Å². The smallest absolute Gasteiger partial charge is 0.135 e. The minimum absolute atomic E-state index is 0.126. The van der Waals surface area contributed by atoms with E-state index >= 15 is 0 Å². The van der Waals surface area contributed by atoms with Gasteiger partial charge in [0.05, 0.1) is 17.3 Å². The summed E-state index contributed by atoms with van der Waals surface area (Å²) in [7, 11) is 0. The number of halogens is 1. The number of ether oxygens (including phenoxy) is 2. The Morgan fingerprint density at radius 3 is 1.62 bits per heavy atom. The third-order valence-electron chi connectivity index (χ3n) is 5.98. The van der Waals surface area contributed by atoms with Crippen LogP contribution in [0, 0.1) is 3.57 Å². The zero-order valence-corrected chi connectivity index (χ0v) is 17.4. The van der Waals surface area contributed by atoms with Crippen molar-refractivity contribution in [2.75, 3.05) is 4.90 Å². The molecule has 0 spiro atoms. The molecule has 0 atom stereocenters. The van der Waals surface area contributed by atoms with Crippen molar-refractivity contribution < 1.29 is 9.47 Å². The fourth-order valence-electron chi connectivity index (χ4n) is 4.87. The van der Waals surface area contributed by atoms with Gasteiger partial charge in [-0.15, -0.1) is 0 Å². The molecule has 4 heteroatoms. The summed E-state index contributed by atoms with van der Waals surface area (Å²) >= 11 is 2.35. The standard InChI is InChI=1S/C25H14INO2/c26-14-10-12-15(13-11-14)27-16-4-1-6-18-22(16)25-23-17(27)5-2-7-19(23)29-21-9-3-8-20(28-18)24(21)25/h1-13,25H. The Kier molecular flexibility index (Phi) is 3.03. The molecule has 3 heterocycles. The Morgan fingerprint density at radius 2 is 1.07 bits per heavy atom. The normalized spacial score (nSPS) is 14.7. The van der Waals surface area contributed by atoms with Crippen molar-refractivity contribution in [3.63, 3.8) is 0 Å². The molecule has 3 aliphatic heterocycles. The zero-order chi connectivity index (χ0) is 19.1. The molecule has 0 saturated heterocycles. The summed E-state index contributed by atoms with van der Waals surface area (Å²) in [6.45, 7) is 0. The van der Waals surface area contributed by atoms with Crippen molar-refractivity contribution in [1.29, 1.82) is 0 Å². The second kappa shape index (κ2) is 5.54. The maximum Gasteiger partial charge on any atom is 0.135 e. The molecule has 0 aliphatic carbocycles. The Morgan fingerprint density at radius 1 is 0.586 bits per heavy atom. The van der Waals surface area contributed by atoms with E-state index in [0.717, 1.165) is 34.2 Å². The van der Waals surface area contributed by atoms with Gasteiger partial charge in [0.15, 0.2) is 0 Å². The van der Waals surface area contributed by atoms with Crippen LogP contribution in [-0.4, -0.2) is 0 Å². The van der Waals surface area contributed by atoms with Gasteiger partial charge in [-0.2, -0.15) is 0 Å². The van der Waals surface area contributed by atoms with Crippen molar-refractivity contribution >= 4 is 39.7 Å². The summed E-state index contributed by atoms with van der Waals surface area (Å²) in [4.78, 5) is 2.33. The number of rotatable bonds is 1. The minimum Gasteiger partial charge on any atom is -0.457 e. The van der Waals surface area contributed by atoms with Crippen LogP contribution in [0.5, 0.6) is 23.0 Å². The van der Waals surface area contributed by atoms with Gasteiger partial charge in [0.2, 0.25) is 0 Å². The number of nitrogens with zero attached hydrogens (tertiary/aromatic N) is 1. The number of hydrogen-bond donors (Lipinski definition) is 0. The summed E-state index contributed by atoms with van der Waals surface area (Å²) in [5, 5.41) is 0. The van der Waals surface area contributed by atoms with Crippen molar-refractivity contribution in [1.82, 2.24) is 0 Å². The zero-order valence-electron chi connectivity index (χ0n) is 15.2. The van der Waals surface area contributed by atoms with E-state index < -0.39 is 0 Å². The van der Waals surface area contributed by atoms with E-state index in [9.17, 15) is 0 Å². The lowest BCUT2D eigenvalue weighted by molar-refractivity contribution is 0.409. The number of anilines is 3. The fraction of sp³-hybridized carbons (Fsp3) is 0.0400. The number of hydrogen-bond acceptors (Lipinski definition) is 3. The maximum atomic E-state index is 6.34. The van der Waals surface area contributed by atoms with Gasteiger partial charge in [0.1, 0.15) is 23.0 Å². The van der Waals surface area contributed by atoms with Crippen molar-refractivity contribution in [3.8, 4) is 23.0 Å². The molecule has 0 N–H and O–H groups in total. The Bertz CT molecular complexity index is 1250. The van der Waals surface area contributed by atoms with Crippen molar-refractivity contribution in [3.05, 3.63) is 99.1 Å². The average molecular weight is 487 g/mol. The van der Waals surface area contributed by atoms with E-state index in [-0.39, 0.29) is 5.92 Å². The fourth-order valence-corrected chi connectivity index (χ4v) is 5.23. The van der Waals surface area contributed by atoms with Gasteiger partial charge >= 0.3 is 0 Å². The van der Waals surface area contributed by atoms with Crippen LogP contribution in [0.1, 0.15) is 22.6 Å². The molecule has 0 fully saturated rings. The van der Waals surface area contributed by atoms with Crippen LogP contribution in [0.4, 0.5) is 17.1 Å². The van der Waals surface area contributed by atoms with E-state index in [1.807, 2.05) is 18.2 Å². The lowest BCUT2D eigenvalue weighted by Crippen LogP contribution is -2.27. The molecule has 0 radical (unpaired) electrons. The molecule has 3 aliphatic rings. The van der Waals surface area contributed by atoms with Gasteiger partial charge < -0.3 is 14.4 Å². The summed E-state index contributed by atoms with van der Waals surface area (Å²) in [5.41, 5.74) is 7.04. The largest absolute Gasteiger partial charge is 0.457 e. The quantitative estimate of drug-likeness (QED) is 0.224. The Balaban J connectivity index is 1.60. The van der Waals surface area contributed by atoms with Gasteiger partial charge in [-0.3, -0.25) is 0 Å². The van der Waals surface area contributed by atoms with Crippen LogP contribution in [0.15, 0.2) is 78.9 Å². The molecule has 0 amide bonds. The predicted octanol–water partition coefficient (Wildman–Crippen LogP) is 7.47. The summed E-state index contributed by atoms with van der Waals surface area (Å²) in [6.07, 6.45) is 0. The highest BCUT2D eigenvalue weighted by molar-refractivity contribution is 14.1. The maximum absolute atomic E-state index is 6.34. The summed E-state index contributed by atoms with van der Waals surface area (Å²) < 4.78 is 13.9.